The molecule has 0 amide bonds. The van der Waals surface area contributed by atoms with Gasteiger partial charge in [-0.1, -0.05) is 0 Å². The molecule has 20 heavy (non-hydrogen) atoms. The molecule has 1 heterocycles. The quantitative estimate of drug-likeness (QED) is 0.677. The Balaban J connectivity index is 2.30. The first-order valence-electron chi connectivity index (χ1n) is 5.23. The SMILES string of the molecule is Nc1cc(C(F)(F)F)ccc1Oc1ncc(F)cc1F. The Bertz CT molecular complexity index is 642. The molecule has 2 aromatic rings. The van der Waals surface area contributed by atoms with Gasteiger partial charge in [-0.2, -0.15) is 13.2 Å². The second-order valence-corrected chi connectivity index (χ2v) is 3.79. The summed E-state index contributed by atoms with van der Waals surface area (Å²) in [5.41, 5.74) is 4.09. The van der Waals surface area contributed by atoms with Crippen molar-refractivity contribution in [1.82, 2.24) is 4.98 Å². The van der Waals surface area contributed by atoms with Gasteiger partial charge in [-0.25, -0.2) is 13.8 Å². The number of hydrogen-bond acceptors (Lipinski definition) is 3. The number of benzene rings is 1. The van der Waals surface area contributed by atoms with Crippen LogP contribution in [0.15, 0.2) is 30.5 Å². The highest BCUT2D eigenvalue weighted by Gasteiger charge is 2.31. The summed E-state index contributed by atoms with van der Waals surface area (Å²) in [6.07, 6.45) is -3.84. The lowest BCUT2D eigenvalue weighted by molar-refractivity contribution is -0.137. The maximum absolute atomic E-state index is 13.3. The third-order valence-electron chi connectivity index (χ3n) is 2.32. The molecule has 1 aromatic heterocycles. The van der Waals surface area contributed by atoms with Crippen molar-refractivity contribution < 1.29 is 26.7 Å². The Morgan fingerprint density at radius 1 is 1.10 bits per heavy atom. The van der Waals surface area contributed by atoms with E-state index < -0.39 is 29.3 Å². The van der Waals surface area contributed by atoms with Crippen LogP contribution < -0.4 is 10.5 Å². The summed E-state index contributed by atoms with van der Waals surface area (Å²) in [5, 5.41) is 0. The Morgan fingerprint density at radius 3 is 2.35 bits per heavy atom. The van der Waals surface area contributed by atoms with Crippen LogP contribution in [-0.2, 0) is 6.18 Å². The largest absolute Gasteiger partial charge is 0.434 e. The summed E-state index contributed by atoms with van der Waals surface area (Å²) in [6.45, 7) is 0. The third kappa shape index (κ3) is 2.95. The van der Waals surface area contributed by atoms with Crippen LogP contribution in [0.1, 0.15) is 5.56 Å². The number of pyridine rings is 1. The van der Waals surface area contributed by atoms with E-state index in [1.165, 1.54) is 0 Å². The van der Waals surface area contributed by atoms with Crippen molar-refractivity contribution in [3.05, 3.63) is 47.7 Å². The number of alkyl halides is 3. The lowest BCUT2D eigenvalue weighted by atomic mass is 10.2. The van der Waals surface area contributed by atoms with Gasteiger partial charge in [0, 0.05) is 6.07 Å². The topological polar surface area (TPSA) is 48.1 Å². The van der Waals surface area contributed by atoms with Gasteiger partial charge in [0.15, 0.2) is 11.6 Å². The number of aromatic nitrogens is 1. The van der Waals surface area contributed by atoms with Gasteiger partial charge in [0.05, 0.1) is 17.4 Å². The summed E-state index contributed by atoms with van der Waals surface area (Å²) in [5.74, 6) is -2.80. The minimum atomic E-state index is -4.55. The van der Waals surface area contributed by atoms with Crippen LogP contribution in [0.2, 0.25) is 0 Å². The first kappa shape index (κ1) is 14.0. The molecule has 0 aliphatic carbocycles. The van der Waals surface area contributed by atoms with E-state index in [-0.39, 0.29) is 11.4 Å². The van der Waals surface area contributed by atoms with Crippen LogP contribution in [0, 0.1) is 11.6 Å². The molecule has 0 spiro atoms. The number of nitrogens with two attached hydrogens (primary N) is 1. The van der Waals surface area contributed by atoms with E-state index in [2.05, 4.69) is 4.98 Å². The zero-order valence-corrected chi connectivity index (χ0v) is 9.71. The first-order chi connectivity index (χ1) is 9.27. The summed E-state index contributed by atoms with van der Waals surface area (Å²) >= 11 is 0. The zero-order chi connectivity index (χ0) is 14.9. The van der Waals surface area contributed by atoms with Gasteiger partial charge < -0.3 is 10.5 Å². The number of nitrogen functional groups attached to an aromatic ring is 1. The Kier molecular flexibility index (Phi) is 3.47. The highest BCUT2D eigenvalue weighted by molar-refractivity contribution is 5.55. The van der Waals surface area contributed by atoms with E-state index in [9.17, 15) is 22.0 Å². The monoisotopic (exact) mass is 290 g/mol. The van der Waals surface area contributed by atoms with Crippen molar-refractivity contribution in [3.8, 4) is 11.6 Å². The highest BCUT2D eigenvalue weighted by atomic mass is 19.4. The fourth-order valence-corrected chi connectivity index (χ4v) is 1.40. The molecule has 0 radical (unpaired) electrons. The van der Waals surface area contributed by atoms with Crippen molar-refractivity contribution in [1.29, 1.82) is 0 Å². The van der Waals surface area contributed by atoms with E-state index in [0.29, 0.717) is 18.3 Å². The van der Waals surface area contributed by atoms with Crippen LogP contribution in [0.5, 0.6) is 11.6 Å². The number of anilines is 1. The van der Waals surface area contributed by atoms with Gasteiger partial charge in [0.2, 0.25) is 0 Å². The van der Waals surface area contributed by atoms with E-state index in [1.807, 2.05) is 0 Å². The van der Waals surface area contributed by atoms with Gasteiger partial charge in [0.1, 0.15) is 5.82 Å². The average Bonchev–Trinajstić information content (AvgIpc) is 2.33. The second-order valence-electron chi connectivity index (χ2n) is 3.79. The number of halogens is 5. The predicted octanol–water partition coefficient (Wildman–Crippen LogP) is 3.75. The lowest BCUT2D eigenvalue weighted by Gasteiger charge is -2.11. The molecular formula is C12H7F5N2O. The predicted molar refractivity (Wildman–Crippen MR) is 60.1 cm³/mol. The zero-order valence-electron chi connectivity index (χ0n) is 9.71. The second kappa shape index (κ2) is 4.95. The lowest BCUT2D eigenvalue weighted by Crippen LogP contribution is -2.06. The van der Waals surface area contributed by atoms with Crippen LogP contribution in [-0.4, -0.2) is 4.98 Å². The van der Waals surface area contributed by atoms with Crippen molar-refractivity contribution in [2.75, 3.05) is 5.73 Å². The van der Waals surface area contributed by atoms with Gasteiger partial charge in [-0.15, -0.1) is 0 Å². The highest BCUT2D eigenvalue weighted by Crippen LogP contribution is 2.35. The van der Waals surface area contributed by atoms with Gasteiger partial charge in [0.25, 0.3) is 5.88 Å². The van der Waals surface area contributed by atoms with Gasteiger partial charge in [-0.3, -0.25) is 0 Å². The maximum Gasteiger partial charge on any atom is 0.416 e. The molecule has 3 nitrogen and oxygen atoms in total. The fourth-order valence-electron chi connectivity index (χ4n) is 1.40. The normalized spacial score (nSPS) is 11.4. The van der Waals surface area contributed by atoms with E-state index in [1.54, 1.807) is 0 Å². The fraction of sp³-hybridized carbons (Fsp3) is 0.0833. The molecule has 8 heteroatoms. The molecule has 0 fully saturated rings. The molecule has 0 atom stereocenters. The van der Waals surface area contributed by atoms with Crippen molar-refractivity contribution in [2.24, 2.45) is 0 Å². The molecule has 0 aliphatic rings. The van der Waals surface area contributed by atoms with Crippen LogP contribution in [0.3, 0.4) is 0 Å². The number of nitrogens with zero attached hydrogens (tertiary/aromatic N) is 1. The Labute approximate surface area is 109 Å². The molecule has 2 rings (SSSR count). The number of rotatable bonds is 2. The molecule has 106 valence electrons. The Morgan fingerprint density at radius 2 is 1.80 bits per heavy atom. The molecule has 1 aromatic carbocycles. The molecule has 0 saturated heterocycles. The van der Waals surface area contributed by atoms with E-state index in [0.717, 1.165) is 12.1 Å². The number of hydrogen-bond donors (Lipinski definition) is 1. The molecule has 0 unspecified atom stereocenters. The van der Waals surface area contributed by atoms with E-state index in [4.69, 9.17) is 10.5 Å². The van der Waals surface area contributed by atoms with Crippen molar-refractivity contribution >= 4 is 5.69 Å². The molecule has 2 N–H and O–H groups in total. The van der Waals surface area contributed by atoms with Gasteiger partial charge >= 0.3 is 6.18 Å². The van der Waals surface area contributed by atoms with Crippen molar-refractivity contribution in [3.63, 3.8) is 0 Å². The summed E-state index contributed by atoms with van der Waals surface area (Å²) in [4.78, 5) is 3.34. The van der Waals surface area contributed by atoms with E-state index >= 15 is 0 Å². The maximum atomic E-state index is 13.3. The number of ether oxygens (including phenoxy) is 1. The first-order valence-corrected chi connectivity index (χ1v) is 5.23. The molecule has 0 bridgehead atoms. The van der Waals surface area contributed by atoms with Crippen LogP contribution in [0.4, 0.5) is 27.6 Å². The summed E-state index contributed by atoms with van der Waals surface area (Å²) < 4.78 is 68.1. The summed E-state index contributed by atoms with van der Waals surface area (Å²) in [7, 11) is 0. The molecule has 0 aliphatic heterocycles. The minimum Gasteiger partial charge on any atom is -0.434 e. The third-order valence-corrected chi connectivity index (χ3v) is 2.32. The summed E-state index contributed by atoms with van der Waals surface area (Å²) in [6, 6.07) is 2.84. The van der Waals surface area contributed by atoms with Crippen molar-refractivity contribution in [2.45, 2.75) is 6.18 Å². The van der Waals surface area contributed by atoms with Gasteiger partial charge in [-0.05, 0) is 18.2 Å². The molecular weight excluding hydrogens is 283 g/mol. The average molecular weight is 290 g/mol. The Hall–Kier alpha value is -2.38. The van der Waals surface area contributed by atoms with Crippen LogP contribution >= 0.6 is 0 Å². The van der Waals surface area contributed by atoms with Crippen LogP contribution in [0.25, 0.3) is 0 Å². The minimum absolute atomic E-state index is 0.212. The standard InChI is InChI=1S/C12H7F5N2O/c13-7-4-8(14)11(19-5-7)20-10-2-1-6(3-9(10)18)12(15,16)17/h1-5H,18H2. The smallest absolute Gasteiger partial charge is 0.416 e. The molecule has 0 saturated carbocycles.